The van der Waals surface area contributed by atoms with E-state index in [1.54, 1.807) is 0 Å². The van der Waals surface area contributed by atoms with Crippen LogP contribution in [-0.2, 0) is 4.74 Å². The fourth-order valence-electron chi connectivity index (χ4n) is 2.20. The number of rotatable bonds is 1. The number of hydrogen-bond donors (Lipinski definition) is 1. The Morgan fingerprint density at radius 1 is 1.40 bits per heavy atom. The van der Waals surface area contributed by atoms with Gasteiger partial charge in [0.15, 0.2) is 0 Å². The molecule has 1 aliphatic rings. The number of ether oxygens (including phenoxy) is 1. The van der Waals surface area contributed by atoms with Gasteiger partial charge >= 0.3 is 0 Å². The standard InChI is InChI=1S/C13H19NO/c1-10-5-4-6-11(9-10)12-13(2,3)14-7-8-15-12/h4-6,9,12,14H,7-8H2,1-3H3. The van der Waals surface area contributed by atoms with E-state index in [4.69, 9.17) is 4.74 Å². The van der Waals surface area contributed by atoms with E-state index in [0.29, 0.717) is 0 Å². The monoisotopic (exact) mass is 205 g/mol. The molecule has 1 aromatic rings. The molecule has 0 amide bonds. The molecule has 0 aliphatic carbocycles. The highest BCUT2D eigenvalue weighted by Crippen LogP contribution is 2.31. The van der Waals surface area contributed by atoms with E-state index in [9.17, 15) is 0 Å². The minimum absolute atomic E-state index is 0.0199. The molecule has 1 fully saturated rings. The quantitative estimate of drug-likeness (QED) is 0.760. The Morgan fingerprint density at radius 2 is 2.20 bits per heavy atom. The van der Waals surface area contributed by atoms with Crippen LogP contribution in [0.15, 0.2) is 24.3 Å². The third kappa shape index (κ3) is 2.21. The highest BCUT2D eigenvalue weighted by Gasteiger charge is 2.33. The van der Waals surface area contributed by atoms with Crippen molar-refractivity contribution >= 4 is 0 Å². The van der Waals surface area contributed by atoms with Crippen molar-refractivity contribution < 1.29 is 4.74 Å². The molecule has 0 spiro atoms. The van der Waals surface area contributed by atoms with Gasteiger partial charge < -0.3 is 10.1 Å². The summed E-state index contributed by atoms with van der Waals surface area (Å²) in [5.41, 5.74) is 2.58. The lowest BCUT2D eigenvalue weighted by atomic mass is 9.89. The summed E-state index contributed by atoms with van der Waals surface area (Å²) in [6, 6.07) is 8.57. The molecule has 1 heterocycles. The normalized spacial score (nSPS) is 25.1. The molecular weight excluding hydrogens is 186 g/mol. The molecule has 2 nitrogen and oxygen atoms in total. The summed E-state index contributed by atoms with van der Waals surface area (Å²) in [5.74, 6) is 0. The van der Waals surface area contributed by atoms with Crippen LogP contribution >= 0.6 is 0 Å². The van der Waals surface area contributed by atoms with Crippen LogP contribution in [0.1, 0.15) is 31.1 Å². The maximum absolute atomic E-state index is 5.87. The molecule has 82 valence electrons. The van der Waals surface area contributed by atoms with Gasteiger partial charge in [-0.05, 0) is 26.3 Å². The van der Waals surface area contributed by atoms with E-state index < -0.39 is 0 Å². The molecule has 1 unspecified atom stereocenters. The first-order valence-corrected chi connectivity index (χ1v) is 5.53. The molecule has 1 aromatic carbocycles. The number of aryl methyl sites for hydroxylation is 1. The van der Waals surface area contributed by atoms with Crippen LogP contribution in [0.5, 0.6) is 0 Å². The van der Waals surface area contributed by atoms with E-state index in [1.807, 2.05) is 0 Å². The summed E-state index contributed by atoms with van der Waals surface area (Å²) in [6.07, 6.45) is 0.158. The van der Waals surface area contributed by atoms with Crippen molar-refractivity contribution in [3.05, 3.63) is 35.4 Å². The molecule has 0 aromatic heterocycles. The average Bonchev–Trinajstić information content (AvgIpc) is 2.17. The predicted molar refractivity (Wildman–Crippen MR) is 62.0 cm³/mol. The van der Waals surface area contributed by atoms with Gasteiger partial charge in [-0.15, -0.1) is 0 Å². The summed E-state index contributed by atoms with van der Waals surface area (Å²) in [5, 5.41) is 3.50. The molecule has 2 heteroatoms. The predicted octanol–water partition coefficient (Wildman–Crippen LogP) is 2.43. The van der Waals surface area contributed by atoms with Gasteiger partial charge in [-0.2, -0.15) is 0 Å². The summed E-state index contributed by atoms with van der Waals surface area (Å²) < 4.78 is 5.87. The molecule has 0 saturated carbocycles. The molecule has 0 radical (unpaired) electrons. The molecule has 1 aliphatic heterocycles. The van der Waals surface area contributed by atoms with Gasteiger partial charge in [-0.1, -0.05) is 29.8 Å². The van der Waals surface area contributed by atoms with E-state index in [-0.39, 0.29) is 11.6 Å². The first-order valence-electron chi connectivity index (χ1n) is 5.53. The Hall–Kier alpha value is -0.860. The maximum atomic E-state index is 5.87. The van der Waals surface area contributed by atoms with E-state index in [1.165, 1.54) is 11.1 Å². The van der Waals surface area contributed by atoms with Gasteiger partial charge in [0.05, 0.1) is 6.61 Å². The zero-order valence-corrected chi connectivity index (χ0v) is 9.71. The van der Waals surface area contributed by atoms with Crippen molar-refractivity contribution in [3.63, 3.8) is 0 Å². The number of benzene rings is 1. The topological polar surface area (TPSA) is 21.3 Å². The third-order valence-electron chi connectivity index (χ3n) is 2.97. The van der Waals surface area contributed by atoms with Crippen molar-refractivity contribution in [2.75, 3.05) is 13.2 Å². The Labute approximate surface area is 91.6 Å². The van der Waals surface area contributed by atoms with Gasteiger partial charge in [0.25, 0.3) is 0 Å². The van der Waals surface area contributed by atoms with Crippen LogP contribution in [0, 0.1) is 6.92 Å². The highest BCUT2D eigenvalue weighted by molar-refractivity contribution is 5.26. The van der Waals surface area contributed by atoms with Crippen LogP contribution in [0.25, 0.3) is 0 Å². The van der Waals surface area contributed by atoms with Gasteiger partial charge in [0, 0.05) is 12.1 Å². The SMILES string of the molecule is Cc1cccc(C2OCCNC2(C)C)c1. The fraction of sp³-hybridized carbons (Fsp3) is 0.538. The summed E-state index contributed by atoms with van der Waals surface area (Å²) in [4.78, 5) is 0. The lowest BCUT2D eigenvalue weighted by Crippen LogP contribution is -2.51. The molecule has 0 bridgehead atoms. The fourth-order valence-corrected chi connectivity index (χ4v) is 2.20. The smallest absolute Gasteiger partial charge is 0.100 e. The van der Waals surface area contributed by atoms with Crippen molar-refractivity contribution in [1.29, 1.82) is 0 Å². The summed E-state index contributed by atoms with van der Waals surface area (Å²) in [7, 11) is 0. The van der Waals surface area contributed by atoms with Crippen molar-refractivity contribution in [2.24, 2.45) is 0 Å². The van der Waals surface area contributed by atoms with Crippen LogP contribution in [-0.4, -0.2) is 18.7 Å². The van der Waals surface area contributed by atoms with Gasteiger partial charge in [0.1, 0.15) is 6.10 Å². The molecular formula is C13H19NO. The lowest BCUT2D eigenvalue weighted by molar-refractivity contribution is -0.0388. The van der Waals surface area contributed by atoms with E-state index in [2.05, 4.69) is 50.4 Å². The lowest BCUT2D eigenvalue weighted by Gasteiger charge is -2.39. The zero-order chi connectivity index (χ0) is 10.9. The van der Waals surface area contributed by atoms with Gasteiger partial charge in [-0.25, -0.2) is 0 Å². The third-order valence-corrected chi connectivity index (χ3v) is 2.97. The molecule has 1 N–H and O–H groups in total. The number of hydrogen-bond acceptors (Lipinski definition) is 2. The Bertz CT molecular complexity index is 346. The van der Waals surface area contributed by atoms with Crippen LogP contribution in [0.2, 0.25) is 0 Å². The zero-order valence-electron chi connectivity index (χ0n) is 9.71. The van der Waals surface area contributed by atoms with E-state index in [0.717, 1.165) is 13.2 Å². The Kier molecular flexibility index (Phi) is 2.81. The van der Waals surface area contributed by atoms with E-state index >= 15 is 0 Å². The number of nitrogens with one attached hydrogen (secondary N) is 1. The second kappa shape index (κ2) is 3.95. The first-order chi connectivity index (χ1) is 7.09. The second-order valence-corrected chi connectivity index (χ2v) is 4.81. The van der Waals surface area contributed by atoms with Crippen LogP contribution < -0.4 is 5.32 Å². The van der Waals surface area contributed by atoms with Gasteiger partial charge in [0.2, 0.25) is 0 Å². The van der Waals surface area contributed by atoms with Gasteiger partial charge in [-0.3, -0.25) is 0 Å². The summed E-state index contributed by atoms with van der Waals surface area (Å²) in [6.45, 7) is 8.24. The molecule has 1 atom stereocenters. The number of morpholine rings is 1. The van der Waals surface area contributed by atoms with Crippen molar-refractivity contribution in [2.45, 2.75) is 32.4 Å². The minimum atomic E-state index is 0.0199. The molecule has 2 rings (SSSR count). The van der Waals surface area contributed by atoms with Crippen LogP contribution in [0.3, 0.4) is 0 Å². The largest absolute Gasteiger partial charge is 0.370 e. The highest BCUT2D eigenvalue weighted by atomic mass is 16.5. The Balaban J connectivity index is 2.29. The Morgan fingerprint density at radius 3 is 2.87 bits per heavy atom. The van der Waals surface area contributed by atoms with Crippen LogP contribution in [0.4, 0.5) is 0 Å². The summed E-state index contributed by atoms with van der Waals surface area (Å²) >= 11 is 0. The average molecular weight is 205 g/mol. The second-order valence-electron chi connectivity index (χ2n) is 4.81. The first kappa shape index (κ1) is 10.7. The minimum Gasteiger partial charge on any atom is -0.370 e. The van der Waals surface area contributed by atoms with Crippen molar-refractivity contribution in [3.8, 4) is 0 Å². The van der Waals surface area contributed by atoms with Crippen molar-refractivity contribution in [1.82, 2.24) is 5.32 Å². The maximum Gasteiger partial charge on any atom is 0.100 e. The molecule has 15 heavy (non-hydrogen) atoms. The molecule has 1 saturated heterocycles.